The van der Waals surface area contributed by atoms with Crippen LogP contribution in [0.15, 0.2) is 6.07 Å². The van der Waals surface area contributed by atoms with Crippen LogP contribution in [0.1, 0.15) is 51.4 Å². The van der Waals surface area contributed by atoms with Gasteiger partial charge in [-0.05, 0) is 52.5 Å². The van der Waals surface area contributed by atoms with Crippen LogP contribution in [0.25, 0.3) is 0 Å². The van der Waals surface area contributed by atoms with E-state index in [2.05, 4.69) is 5.10 Å². The molecule has 0 radical (unpaired) electrons. The molecule has 1 aliphatic heterocycles. The molecule has 0 N–H and O–H groups in total. The third-order valence-corrected chi connectivity index (χ3v) is 4.74. The van der Waals surface area contributed by atoms with Gasteiger partial charge in [0, 0.05) is 25.0 Å². The van der Waals surface area contributed by atoms with Gasteiger partial charge in [-0.1, -0.05) is 0 Å². The third-order valence-electron chi connectivity index (χ3n) is 4.74. The first-order valence-electron chi connectivity index (χ1n) is 8.37. The van der Waals surface area contributed by atoms with E-state index >= 15 is 0 Å². The second-order valence-electron chi connectivity index (χ2n) is 8.30. The molecule has 2 heterocycles. The largest absolute Gasteiger partial charge is 0.444 e. The van der Waals surface area contributed by atoms with Gasteiger partial charge in [0.25, 0.3) is 6.43 Å². The minimum absolute atomic E-state index is 0.00237. The zero-order chi connectivity index (χ0) is 17.7. The number of likely N-dealkylation sites (tertiary alicyclic amines) is 1. The highest BCUT2D eigenvalue weighted by atomic mass is 19.3. The highest BCUT2D eigenvalue weighted by molar-refractivity contribution is 5.69. The predicted octanol–water partition coefficient (Wildman–Crippen LogP) is 3.78. The number of aryl methyl sites for hydroxylation is 1. The van der Waals surface area contributed by atoms with Crippen LogP contribution in [0, 0.1) is 18.3 Å². The lowest BCUT2D eigenvalue weighted by atomic mass is 9.58. The Hall–Kier alpha value is -1.66. The van der Waals surface area contributed by atoms with Gasteiger partial charge in [0.05, 0.1) is 5.69 Å². The number of hydrogen-bond acceptors (Lipinski definition) is 3. The highest BCUT2D eigenvalue weighted by Gasteiger charge is 2.54. The standard InChI is InChI=1S/C17H25F2N3O2/c1-11-5-13(14(18)19)22(20-11)8-12-6-17(7-12)9-21(10-17)15(23)24-16(2,3)4/h5,12,14H,6-10H2,1-4H3. The van der Waals surface area contributed by atoms with Crippen molar-refractivity contribution in [2.45, 2.75) is 59.1 Å². The molecule has 1 amide bonds. The van der Waals surface area contributed by atoms with E-state index in [0.717, 1.165) is 12.8 Å². The van der Waals surface area contributed by atoms with Crippen molar-refractivity contribution >= 4 is 6.09 Å². The molecule has 0 atom stereocenters. The number of carbonyl (C=O) groups excluding carboxylic acids is 1. The number of rotatable bonds is 3. The van der Waals surface area contributed by atoms with Crippen LogP contribution in [0.3, 0.4) is 0 Å². The summed E-state index contributed by atoms with van der Waals surface area (Å²) in [6, 6.07) is 1.45. The SMILES string of the molecule is Cc1cc(C(F)F)n(CC2CC3(C2)CN(C(=O)OC(C)(C)C)C3)n1. The van der Waals surface area contributed by atoms with Crippen LogP contribution in [0.5, 0.6) is 0 Å². The maximum absolute atomic E-state index is 13.0. The van der Waals surface area contributed by atoms with E-state index in [1.807, 2.05) is 20.8 Å². The van der Waals surface area contributed by atoms with Gasteiger partial charge in [-0.3, -0.25) is 4.68 Å². The quantitative estimate of drug-likeness (QED) is 0.841. The number of alkyl halides is 2. The fraction of sp³-hybridized carbons (Fsp3) is 0.765. The molecule has 1 spiro atoms. The second kappa shape index (κ2) is 5.70. The molecule has 0 unspecified atom stereocenters. The van der Waals surface area contributed by atoms with Gasteiger partial charge in [0.2, 0.25) is 0 Å². The van der Waals surface area contributed by atoms with Crippen LogP contribution in [-0.2, 0) is 11.3 Å². The molecule has 24 heavy (non-hydrogen) atoms. The van der Waals surface area contributed by atoms with Crippen LogP contribution in [0.4, 0.5) is 13.6 Å². The van der Waals surface area contributed by atoms with Crippen molar-refractivity contribution in [2.24, 2.45) is 11.3 Å². The maximum Gasteiger partial charge on any atom is 0.410 e. The first-order chi connectivity index (χ1) is 11.1. The Bertz CT molecular complexity index is 622. The number of carbonyl (C=O) groups is 1. The average Bonchev–Trinajstić information content (AvgIpc) is 2.69. The fourth-order valence-electron chi connectivity index (χ4n) is 3.90. The van der Waals surface area contributed by atoms with Crippen LogP contribution < -0.4 is 0 Å². The Labute approximate surface area is 141 Å². The van der Waals surface area contributed by atoms with Gasteiger partial charge >= 0.3 is 6.09 Å². The monoisotopic (exact) mass is 341 g/mol. The number of ether oxygens (including phenoxy) is 1. The molecule has 1 saturated carbocycles. The van der Waals surface area contributed by atoms with E-state index in [0.29, 0.717) is 31.2 Å². The van der Waals surface area contributed by atoms with Crippen LogP contribution in [0.2, 0.25) is 0 Å². The number of halogens is 2. The minimum Gasteiger partial charge on any atom is -0.444 e. The van der Waals surface area contributed by atoms with Crippen molar-refractivity contribution in [1.82, 2.24) is 14.7 Å². The molecule has 7 heteroatoms. The Balaban J connectivity index is 1.48. The first-order valence-corrected chi connectivity index (χ1v) is 8.37. The fourth-order valence-corrected chi connectivity index (χ4v) is 3.90. The van der Waals surface area contributed by atoms with Crippen molar-refractivity contribution in [3.63, 3.8) is 0 Å². The number of aromatic nitrogens is 2. The topological polar surface area (TPSA) is 47.4 Å². The average molecular weight is 341 g/mol. The second-order valence-corrected chi connectivity index (χ2v) is 8.30. The third kappa shape index (κ3) is 3.39. The zero-order valence-electron chi connectivity index (χ0n) is 14.7. The van der Waals surface area contributed by atoms with Crippen molar-refractivity contribution in [1.29, 1.82) is 0 Å². The van der Waals surface area contributed by atoms with Crippen molar-refractivity contribution in [3.05, 3.63) is 17.5 Å². The van der Waals surface area contributed by atoms with E-state index < -0.39 is 12.0 Å². The molecule has 1 aromatic heterocycles. The summed E-state index contributed by atoms with van der Waals surface area (Å²) in [5, 5.41) is 4.18. The Morgan fingerprint density at radius 3 is 2.58 bits per heavy atom. The lowest BCUT2D eigenvalue weighted by Crippen LogP contribution is -2.64. The lowest BCUT2D eigenvalue weighted by Gasteiger charge is -2.58. The number of amides is 1. The summed E-state index contributed by atoms with van der Waals surface area (Å²) >= 11 is 0. The molecule has 5 nitrogen and oxygen atoms in total. The van der Waals surface area contributed by atoms with E-state index in [-0.39, 0.29) is 17.2 Å². The molecule has 1 aliphatic carbocycles. The van der Waals surface area contributed by atoms with Crippen molar-refractivity contribution in [3.8, 4) is 0 Å². The van der Waals surface area contributed by atoms with E-state index in [4.69, 9.17) is 4.74 Å². The normalized spacial score (nSPS) is 20.2. The van der Waals surface area contributed by atoms with E-state index in [1.54, 1.807) is 11.8 Å². The van der Waals surface area contributed by atoms with Gasteiger partial charge in [-0.15, -0.1) is 0 Å². The van der Waals surface area contributed by atoms with Crippen LogP contribution in [-0.4, -0.2) is 39.5 Å². The number of nitrogens with zero attached hydrogens (tertiary/aromatic N) is 3. The molecular weight excluding hydrogens is 316 g/mol. The minimum atomic E-state index is -2.49. The molecule has 0 aromatic carbocycles. The summed E-state index contributed by atoms with van der Waals surface area (Å²) in [5.41, 5.74) is 0.303. The summed E-state index contributed by atoms with van der Waals surface area (Å²) in [5.74, 6) is 0.350. The molecule has 2 fully saturated rings. The predicted molar refractivity (Wildman–Crippen MR) is 84.9 cm³/mol. The molecule has 1 saturated heterocycles. The molecule has 2 aliphatic rings. The molecular formula is C17H25F2N3O2. The van der Waals surface area contributed by atoms with Gasteiger partial charge < -0.3 is 9.64 Å². The smallest absolute Gasteiger partial charge is 0.410 e. The van der Waals surface area contributed by atoms with E-state index in [1.165, 1.54) is 10.7 Å². The van der Waals surface area contributed by atoms with Gasteiger partial charge in [0.1, 0.15) is 11.3 Å². The first kappa shape index (κ1) is 17.2. The summed E-state index contributed by atoms with van der Waals surface area (Å²) in [7, 11) is 0. The van der Waals surface area contributed by atoms with Gasteiger partial charge in [0.15, 0.2) is 0 Å². The highest BCUT2D eigenvalue weighted by Crippen LogP contribution is 2.52. The summed E-state index contributed by atoms with van der Waals surface area (Å²) in [6.07, 6.45) is -0.854. The summed E-state index contributed by atoms with van der Waals surface area (Å²) in [6.45, 7) is 9.24. The molecule has 3 rings (SSSR count). The van der Waals surface area contributed by atoms with Gasteiger partial charge in [-0.25, -0.2) is 13.6 Å². The lowest BCUT2D eigenvalue weighted by molar-refractivity contribution is -0.0991. The molecule has 0 bridgehead atoms. The number of hydrogen-bond donors (Lipinski definition) is 0. The van der Waals surface area contributed by atoms with Crippen molar-refractivity contribution < 1.29 is 18.3 Å². The Kier molecular flexibility index (Phi) is 4.08. The van der Waals surface area contributed by atoms with Crippen molar-refractivity contribution in [2.75, 3.05) is 13.1 Å². The molecule has 134 valence electrons. The Morgan fingerprint density at radius 1 is 1.42 bits per heavy atom. The summed E-state index contributed by atoms with van der Waals surface area (Å²) < 4.78 is 32.8. The Morgan fingerprint density at radius 2 is 2.04 bits per heavy atom. The maximum atomic E-state index is 13.0. The van der Waals surface area contributed by atoms with E-state index in [9.17, 15) is 13.6 Å². The zero-order valence-corrected chi connectivity index (χ0v) is 14.7. The van der Waals surface area contributed by atoms with Gasteiger partial charge in [-0.2, -0.15) is 5.10 Å². The summed E-state index contributed by atoms with van der Waals surface area (Å²) in [4.78, 5) is 13.7. The molecule has 1 aromatic rings. The van der Waals surface area contributed by atoms with Crippen LogP contribution >= 0.6 is 0 Å².